The highest BCUT2D eigenvalue weighted by molar-refractivity contribution is 7.79. The molecule has 0 heterocycles. The fourth-order valence-electron chi connectivity index (χ4n) is 2.34. The first-order chi connectivity index (χ1) is 13.1. The van der Waals surface area contributed by atoms with Crippen LogP contribution in [0, 0.1) is 0 Å². The van der Waals surface area contributed by atoms with Gasteiger partial charge in [-0.1, -0.05) is 60.7 Å². The summed E-state index contributed by atoms with van der Waals surface area (Å²) in [6.07, 6.45) is 7.71. The largest absolute Gasteiger partial charge is 0.292 e. The number of amidine groups is 1. The molecule has 27 heavy (non-hydrogen) atoms. The Morgan fingerprint density at radius 3 is 2.48 bits per heavy atom. The van der Waals surface area contributed by atoms with Crippen LogP contribution in [0.2, 0.25) is 5.02 Å². The standard InChI is InChI=1S/C22H22ClN3S/c1-3-8-17(9-4-2)16-24-22(27)26-21(18-10-6-5-7-11-18)25-20-14-12-19(23)13-15-20/h3-15H,1,16H2,2H3,(H2,24,25,26,27)/p+1/b9-4-,17-8+. The van der Waals surface area contributed by atoms with Crippen molar-refractivity contribution in [3.8, 4) is 0 Å². The Bertz CT molecular complexity index is 853. The van der Waals surface area contributed by atoms with Gasteiger partial charge in [0.05, 0.1) is 12.2 Å². The van der Waals surface area contributed by atoms with Crippen LogP contribution in [-0.4, -0.2) is 17.5 Å². The van der Waals surface area contributed by atoms with Crippen molar-refractivity contribution < 1.29 is 4.99 Å². The molecule has 0 unspecified atom stereocenters. The van der Waals surface area contributed by atoms with Crippen LogP contribution < -0.4 is 15.6 Å². The van der Waals surface area contributed by atoms with Crippen LogP contribution in [0.3, 0.4) is 0 Å². The van der Waals surface area contributed by atoms with Gasteiger partial charge in [-0.3, -0.25) is 10.6 Å². The van der Waals surface area contributed by atoms with E-state index in [1.165, 1.54) is 0 Å². The summed E-state index contributed by atoms with van der Waals surface area (Å²) in [6, 6.07) is 17.5. The molecule has 0 fully saturated rings. The maximum atomic E-state index is 5.97. The number of nitrogens with one attached hydrogen (secondary N) is 3. The van der Waals surface area contributed by atoms with E-state index >= 15 is 0 Å². The minimum atomic E-state index is 0.523. The fourth-order valence-corrected chi connectivity index (χ4v) is 2.64. The highest BCUT2D eigenvalue weighted by Gasteiger charge is 2.11. The van der Waals surface area contributed by atoms with Crippen LogP contribution >= 0.6 is 23.8 Å². The van der Waals surface area contributed by atoms with Crippen molar-refractivity contribution >= 4 is 40.5 Å². The third-order valence-electron chi connectivity index (χ3n) is 3.58. The number of thiocarbonyl (C=S) groups is 1. The Labute approximate surface area is 171 Å². The molecule has 0 aliphatic carbocycles. The molecule has 2 aromatic carbocycles. The first-order valence-electron chi connectivity index (χ1n) is 8.56. The van der Waals surface area contributed by atoms with E-state index in [9.17, 15) is 0 Å². The second-order valence-corrected chi connectivity index (χ2v) is 6.50. The second-order valence-electron chi connectivity index (χ2n) is 5.66. The van der Waals surface area contributed by atoms with Gasteiger partial charge in [0.15, 0.2) is 0 Å². The van der Waals surface area contributed by atoms with E-state index in [0.29, 0.717) is 16.7 Å². The van der Waals surface area contributed by atoms with Crippen LogP contribution in [0.15, 0.2) is 91.1 Å². The van der Waals surface area contributed by atoms with Crippen molar-refractivity contribution in [2.24, 2.45) is 0 Å². The predicted molar refractivity (Wildman–Crippen MR) is 120 cm³/mol. The van der Waals surface area contributed by atoms with Crippen LogP contribution in [0.25, 0.3) is 0 Å². The molecule has 0 radical (unpaired) electrons. The van der Waals surface area contributed by atoms with E-state index in [-0.39, 0.29) is 0 Å². The summed E-state index contributed by atoms with van der Waals surface area (Å²) in [5, 5.41) is 7.80. The van der Waals surface area contributed by atoms with Gasteiger partial charge < -0.3 is 0 Å². The summed E-state index contributed by atoms with van der Waals surface area (Å²) in [6.45, 7) is 6.32. The first-order valence-corrected chi connectivity index (χ1v) is 9.35. The first kappa shape index (κ1) is 20.6. The lowest BCUT2D eigenvalue weighted by Crippen LogP contribution is -2.82. The zero-order chi connectivity index (χ0) is 19.5. The predicted octanol–water partition coefficient (Wildman–Crippen LogP) is 3.84. The summed E-state index contributed by atoms with van der Waals surface area (Å²) in [5.74, 6) is 0.788. The molecule has 3 N–H and O–H groups in total. The summed E-state index contributed by atoms with van der Waals surface area (Å²) in [4.78, 5) is 3.25. The van der Waals surface area contributed by atoms with Gasteiger partial charge in [0, 0.05) is 10.6 Å². The third kappa shape index (κ3) is 7.21. The minimum Gasteiger partial charge on any atom is -0.292 e. The van der Waals surface area contributed by atoms with Crippen LogP contribution in [-0.2, 0) is 0 Å². The molecule has 2 aromatic rings. The van der Waals surface area contributed by atoms with E-state index in [0.717, 1.165) is 22.7 Å². The SMILES string of the molecule is C=C/C=C(\C=C/C)CNC(=S)/[NH+]=C(\Nc1ccc(Cl)cc1)c1ccccc1. The molecule has 0 atom stereocenters. The van der Waals surface area contributed by atoms with Gasteiger partial charge >= 0.3 is 0 Å². The molecule has 0 bridgehead atoms. The molecule has 138 valence electrons. The zero-order valence-corrected chi connectivity index (χ0v) is 16.8. The van der Waals surface area contributed by atoms with Crippen molar-refractivity contribution in [1.82, 2.24) is 5.32 Å². The fraction of sp³-hybridized carbons (Fsp3) is 0.0909. The number of hydrogen-bond donors (Lipinski definition) is 3. The van der Waals surface area contributed by atoms with Crippen molar-refractivity contribution in [1.29, 1.82) is 0 Å². The van der Waals surface area contributed by atoms with E-state index in [2.05, 4.69) is 22.2 Å². The van der Waals surface area contributed by atoms with Crippen LogP contribution in [0.1, 0.15) is 12.5 Å². The van der Waals surface area contributed by atoms with Crippen LogP contribution in [0.5, 0.6) is 0 Å². The van der Waals surface area contributed by atoms with E-state index in [1.54, 1.807) is 6.08 Å². The summed E-state index contributed by atoms with van der Waals surface area (Å²) in [7, 11) is 0. The molecule has 0 spiro atoms. The number of hydrogen-bond acceptors (Lipinski definition) is 1. The Hall–Kier alpha value is -2.69. The lowest BCUT2D eigenvalue weighted by atomic mass is 10.2. The molecular formula is C22H23ClN3S+. The summed E-state index contributed by atoms with van der Waals surface area (Å²) >= 11 is 11.4. The van der Waals surface area contributed by atoms with Crippen molar-refractivity contribution in [3.63, 3.8) is 0 Å². The molecule has 0 aliphatic heterocycles. The van der Waals surface area contributed by atoms with Gasteiger partial charge in [-0.05, 0) is 61.1 Å². The molecule has 0 aromatic heterocycles. The van der Waals surface area contributed by atoms with Gasteiger partial charge in [0.2, 0.25) is 5.84 Å². The van der Waals surface area contributed by atoms with Gasteiger partial charge in [-0.15, -0.1) is 0 Å². The molecule has 0 saturated heterocycles. The minimum absolute atomic E-state index is 0.523. The molecule has 5 heteroatoms. The van der Waals surface area contributed by atoms with Gasteiger partial charge in [0.1, 0.15) is 0 Å². The van der Waals surface area contributed by atoms with Gasteiger partial charge in [-0.25, -0.2) is 4.99 Å². The van der Waals surface area contributed by atoms with E-state index in [4.69, 9.17) is 23.8 Å². The smallest absolute Gasteiger partial charge is 0.288 e. The average Bonchev–Trinajstić information content (AvgIpc) is 2.68. The number of benzene rings is 2. The Morgan fingerprint density at radius 2 is 1.85 bits per heavy atom. The highest BCUT2D eigenvalue weighted by atomic mass is 35.5. The number of rotatable bonds is 6. The molecule has 0 aliphatic rings. The molecule has 3 nitrogen and oxygen atoms in total. The van der Waals surface area contributed by atoms with Crippen molar-refractivity contribution in [3.05, 3.63) is 102 Å². The lowest BCUT2D eigenvalue weighted by molar-refractivity contribution is -0.315. The average molecular weight is 397 g/mol. The molecule has 2 rings (SSSR count). The number of allylic oxidation sites excluding steroid dienone is 3. The lowest BCUT2D eigenvalue weighted by Gasteiger charge is -2.07. The molecule has 0 amide bonds. The summed E-state index contributed by atoms with van der Waals surface area (Å²) in [5.41, 5.74) is 2.99. The topological polar surface area (TPSA) is 38.0 Å². The monoisotopic (exact) mass is 396 g/mol. The van der Waals surface area contributed by atoms with Gasteiger partial charge in [-0.2, -0.15) is 0 Å². The Kier molecular flexibility index (Phi) is 8.49. The Morgan fingerprint density at radius 1 is 1.15 bits per heavy atom. The van der Waals surface area contributed by atoms with E-state index in [1.807, 2.05) is 79.7 Å². The second kappa shape index (κ2) is 11.1. The van der Waals surface area contributed by atoms with E-state index < -0.39 is 0 Å². The van der Waals surface area contributed by atoms with Crippen molar-refractivity contribution in [2.75, 3.05) is 11.9 Å². The highest BCUT2D eigenvalue weighted by Crippen LogP contribution is 2.14. The third-order valence-corrected chi connectivity index (χ3v) is 4.08. The maximum absolute atomic E-state index is 5.97. The maximum Gasteiger partial charge on any atom is 0.288 e. The normalized spacial score (nSPS) is 12.1. The molecule has 0 saturated carbocycles. The summed E-state index contributed by atoms with van der Waals surface area (Å²) < 4.78 is 0. The Balaban J connectivity index is 2.19. The number of anilines is 1. The van der Waals surface area contributed by atoms with Gasteiger partial charge in [0.25, 0.3) is 5.11 Å². The molecular weight excluding hydrogens is 374 g/mol. The zero-order valence-electron chi connectivity index (χ0n) is 15.2. The van der Waals surface area contributed by atoms with Crippen LogP contribution in [0.4, 0.5) is 5.69 Å². The quantitative estimate of drug-likeness (QED) is 0.300. The van der Waals surface area contributed by atoms with Crippen molar-refractivity contribution in [2.45, 2.75) is 6.92 Å². The number of halogens is 1.